The Morgan fingerprint density at radius 2 is 1.35 bits per heavy atom. The molecule has 0 aliphatic rings. The summed E-state index contributed by atoms with van der Waals surface area (Å²) in [5.41, 5.74) is 3.42. The number of allylic oxidation sites excluding steroid dienone is 2. The van der Waals surface area contributed by atoms with Gasteiger partial charge in [0, 0.05) is 5.92 Å². The Balaban J connectivity index is 1.60. The number of rotatable bonds is 17. The van der Waals surface area contributed by atoms with Crippen molar-refractivity contribution < 1.29 is 18.9 Å². The molecule has 0 saturated carbocycles. The Hall–Kier alpha value is -3.44. The molecule has 2 atom stereocenters. The highest BCUT2D eigenvalue weighted by Gasteiger charge is 2.19. The first-order chi connectivity index (χ1) is 18.3. The average Bonchev–Trinajstić information content (AvgIpc) is 2.95. The second-order valence-electron chi connectivity index (χ2n) is 8.69. The minimum atomic E-state index is -0.0700. The van der Waals surface area contributed by atoms with Crippen molar-refractivity contribution in [2.24, 2.45) is 5.92 Å². The van der Waals surface area contributed by atoms with Gasteiger partial charge in [0.1, 0.15) is 5.75 Å². The fourth-order valence-corrected chi connectivity index (χ4v) is 3.80. The summed E-state index contributed by atoms with van der Waals surface area (Å²) in [6.07, 6.45) is 10.7. The molecular formula is C33H38O4. The number of hydrogen-bond donors (Lipinski definition) is 0. The van der Waals surface area contributed by atoms with Crippen molar-refractivity contribution in [1.29, 1.82) is 0 Å². The molecule has 0 amide bonds. The van der Waals surface area contributed by atoms with Gasteiger partial charge in [-0.3, -0.25) is 0 Å². The van der Waals surface area contributed by atoms with E-state index in [2.05, 4.69) is 49.1 Å². The van der Waals surface area contributed by atoms with E-state index in [1.165, 1.54) is 5.56 Å². The summed E-state index contributed by atoms with van der Waals surface area (Å²) in [6.45, 7) is 6.60. The van der Waals surface area contributed by atoms with E-state index < -0.39 is 0 Å². The molecule has 0 heterocycles. The van der Waals surface area contributed by atoms with E-state index >= 15 is 0 Å². The van der Waals surface area contributed by atoms with Crippen molar-refractivity contribution in [3.63, 3.8) is 0 Å². The van der Waals surface area contributed by atoms with Gasteiger partial charge in [0.05, 0.1) is 46.2 Å². The Bertz CT molecular complexity index is 1060. The van der Waals surface area contributed by atoms with Crippen LogP contribution in [0.4, 0.5) is 0 Å². The molecule has 4 heteroatoms. The minimum absolute atomic E-state index is 0.0647. The molecule has 0 saturated heterocycles. The van der Waals surface area contributed by atoms with Gasteiger partial charge in [0.15, 0.2) is 0 Å². The average molecular weight is 499 g/mol. The van der Waals surface area contributed by atoms with E-state index in [-0.39, 0.29) is 12.0 Å². The monoisotopic (exact) mass is 498 g/mol. The molecule has 37 heavy (non-hydrogen) atoms. The number of ether oxygens (including phenoxy) is 4. The van der Waals surface area contributed by atoms with Gasteiger partial charge in [-0.1, -0.05) is 110 Å². The number of hydrogen-bond acceptors (Lipinski definition) is 4. The van der Waals surface area contributed by atoms with Crippen LogP contribution < -0.4 is 4.74 Å². The molecule has 0 unspecified atom stereocenters. The zero-order valence-corrected chi connectivity index (χ0v) is 21.7. The molecule has 0 aromatic heterocycles. The van der Waals surface area contributed by atoms with Crippen molar-refractivity contribution >= 4 is 0 Å². The van der Waals surface area contributed by atoms with Crippen LogP contribution >= 0.6 is 0 Å². The summed E-state index contributed by atoms with van der Waals surface area (Å²) in [4.78, 5) is 0. The van der Waals surface area contributed by atoms with E-state index in [9.17, 15) is 0 Å². The Kier molecular flexibility index (Phi) is 13.0. The lowest BCUT2D eigenvalue weighted by Gasteiger charge is -2.24. The largest absolute Gasteiger partial charge is 0.497 e. The smallest absolute Gasteiger partial charge is 0.118 e. The molecule has 4 nitrogen and oxygen atoms in total. The highest BCUT2D eigenvalue weighted by Crippen LogP contribution is 2.20. The van der Waals surface area contributed by atoms with Crippen LogP contribution in [0.2, 0.25) is 0 Å². The van der Waals surface area contributed by atoms with Crippen LogP contribution in [0.5, 0.6) is 5.75 Å². The van der Waals surface area contributed by atoms with Gasteiger partial charge in [-0.2, -0.15) is 0 Å². The maximum Gasteiger partial charge on any atom is 0.118 e. The zero-order chi connectivity index (χ0) is 26.0. The number of benzene rings is 3. The van der Waals surface area contributed by atoms with Gasteiger partial charge in [0.25, 0.3) is 0 Å². The van der Waals surface area contributed by atoms with Crippen molar-refractivity contribution in [2.75, 3.05) is 20.3 Å². The van der Waals surface area contributed by atoms with Gasteiger partial charge in [-0.25, -0.2) is 0 Å². The van der Waals surface area contributed by atoms with E-state index in [0.29, 0.717) is 33.0 Å². The van der Waals surface area contributed by atoms with Crippen LogP contribution in [0.1, 0.15) is 23.1 Å². The number of methoxy groups -OCH3 is 1. The molecule has 0 spiro atoms. The Morgan fingerprint density at radius 1 is 0.730 bits per heavy atom. The maximum atomic E-state index is 6.44. The van der Waals surface area contributed by atoms with Crippen molar-refractivity contribution in [2.45, 2.75) is 32.3 Å². The van der Waals surface area contributed by atoms with E-state index in [0.717, 1.165) is 23.3 Å². The molecular weight excluding hydrogens is 460 g/mol. The molecule has 3 aromatic rings. The lowest BCUT2D eigenvalue weighted by molar-refractivity contribution is -0.0170. The molecule has 0 radical (unpaired) electrons. The fourth-order valence-electron chi connectivity index (χ4n) is 3.80. The topological polar surface area (TPSA) is 36.9 Å². The van der Waals surface area contributed by atoms with Crippen LogP contribution in [0.15, 0.2) is 122 Å². The van der Waals surface area contributed by atoms with Gasteiger partial charge < -0.3 is 18.9 Å². The predicted octanol–water partition coefficient (Wildman–Crippen LogP) is 7.32. The summed E-state index contributed by atoms with van der Waals surface area (Å²) >= 11 is 0. The molecule has 194 valence electrons. The summed E-state index contributed by atoms with van der Waals surface area (Å²) in [5.74, 6) is 0.898. The Morgan fingerprint density at radius 3 is 1.97 bits per heavy atom. The van der Waals surface area contributed by atoms with Crippen molar-refractivity contribution in [3.05, 3.63) is 139 Å². The highest BCUT2D eigenvalue weighted by atomic mass is 16.5. The SMILES string of the molecule is C=C/C=C/[C@@H](COCc1ccccc1)[C@H](C/C=C/COCc1ccccc1)OCc1ccc(OC)cc1. The molecule has 0 aliphatic heterocycles. The minimum Gasteiger partial charge on any atom is -0.497 e. The van der Waals surface area contributed by atoms with E-state index in [1.54, 1.807) is 13.2 Å². The van der Waals surface area contributed by atoms with Crippen LogP contribution in [0.3, 0.4) is 0 Å². The lowest BCUT2D eigenvalue weighted by atomic mass is 9.99. The summed E-state index contributed by atoms with van der Waals surface area (Å²) in [6, 6.07) is 28.4. The zero-order valence-electron chi connectivity index (χ0n) is 21.7. The normalized spacial score (nSPS) is 13.1. The predicted molar refractivity (Wildman–Crippen MR) is 150 cm³/mol. The summed E-state index contributed by atoms with van der Waals surface area (Å²) < 4.78 is 23.6. The second-order valence-corrected chi connectivity index (χ2v) is 8.69. The first kappa shape index (κ1) is 28.1. The molecule has 3 rings (SSSR count). The second kappa shape index (κ2) is 17.1. The third-order valence-corrected chi connectivity index (χ3v) is 5.88. The molecule has 3 aromatic carbocycles. The first-order valence-corrected chi connectivity index (χ1v) is 12.7. The molecule has 0 fully saturated rings. The summed E-state index contributed by atoms with van der Waals surface area (Å²) in [5, 5.41) is 0. The van der Waals surface area contributed by atoms with Gasteiger partial charge in [0.2, 0.25) is 0 Å². The summed E-state index contributed by atoms with van der Waals surface area (Å²) in [7, 11) is 1.67. The maximum absolute atomic E-state index is 6.44. The highest BCUT2D eigenvalue weighted by molar-refractivity contribution is 5.26. The van der Waals surface area contributed by atoms with Crippen LogP contribution in [0.25, 0.3) is 0 Å². The molecule has 0 N–H and O–H groups in total. The first-order valence-electron chi connectivity index (χ1n) is 12.7. The van der Waals surface area contributed by atoms with Crippen molar-refractivity contribution in [3.8, 4) is 5.75 Å². The van der Waals surface area contributed by atoms with Crippen LogP contribution in [-0.2, 0) is 34.0 Å². The van der Waals surface area contributed by atoms with Crippen molar-refractivity contribution in [1.82, 2.24) is 0 Å². The third kappa shape index (κ3) is 11.0. The lowest BCUT2D eigenvalue weighted by Crippen LogP contribution is -2.26. The van der Waals surface area contributed by atoms with Crippen LogP contribution in [-0.4, -0.2) is 26.4 Å². The van der Waals surface area contributed by atoms with Gasteiger partial charge >= 0.3 is 0 Å². The molecule has 0 aliphatic carbocycles. The molecule has 0 bridgehead atoms. The Labute approximate surface area is 221 Å². The van der Waals surface area contributed by atoms with Gasteiger partial charge in [-0.05, 0) is 35.2 Å². The van der Waals surface area contributed by atoms with Crippen LogP contribution in [0, 0.1) is 5.92 Å². The quantitative estimate of drug-likeness (QED) is 0.111. The van der Waals surface area contributed by atoms with E-state index in [4.69, 9.17) is 18.9 Å². The van der Waals surface area contributed by atoms with Gasteiger partial charge in [-0.15, -0.1) is 0 Å². The standard InChI is InChI=1S/C33H38O4/c1-3-4-17-31(27-36-25-29-15-9-6-10-16-29)33(37-26-30-19-21-32(34-2)22-20-30)18-11-12-23-35-24-28-13-7-5-8-14-28/h3-17,19-22,31,33H,1,18,23-27H2,2H3/b12-11+,17-4+/t31-,33-/m0/s1. The third-order valence-electron chi connectivity index (χ3n) is 5.88. The van der Waals surface area contributed by atoms with E-state index in [1.807, 2.05) is 66.7 Å². The fraction of sp³-hybridized carbons (Fsp3) is 0.273.